The Labute approximate surface area is 173 Å². The summed E-state index contributed by atoms with van der Waals surface area (Å²) in [5, 5.41) is 17.7. The number of non-ortho nitro benzene ring substituents is 1. The first kappa shape index (κ1) is 21.0. The number of nitro groups is 1. The van der Waals surface area contributed by atoms with Crippen LogP contribution in [0.3, 0.4) is 0 Å². The van der Waals surface area contributed by atoms with Crippen LogP contribution in [0, 0.1) is 10.1 Å². The van der Waals surface area contributed by atoms with Gasteiger partial charge in [-0.15, -0.1) is 0 Å². The van der Waals surface area contributed by atoms with Crippen LogP contribution >= 0.6 is 0 Å². The van der Waals surface area contributed by atoms with Crippen molar-refractivity contribution in [1.82, 2.24) is 15.0 Å². The molecule has 1 unspecified atom stereocenters. The highest BCUT2D eigenvalue weighted by Gasteiger charge is 2.19. The van der Waals surface area contributed by atoms with E-state index in [1.807, 2.05) is 20.8 Å². The molecule has 2 amide bonds. The van der Waals surface area contributed by atoms with E-state index in [1.165, 1.54) is 17.0 Å². The van der Waals surface area contributed by atoms with Gasteiger partial charge in [0.05, 0.1) is 11.0 Å². The van der Waals surface area contributed by atoms with E-state index >= 15 is 0 Å². The van der Waals surface area contributed by atoms with Gasteiger partial charge in [-0.1, -0.05) is 31.1 Å². The SMILES string of the molecule is CC(C)c1noc(-c2ccc(NC(=O)N(C)C(C)c3cccc([N+](=O)[O-])c3)cc2)n1. The average molecular weight is 409 g/mol. The van der Waals surface area contributed by atoms with E-state index in [9.17, 15) is 14.9 Å². The molecular weight excluding hydrogens is 386 g/mol. The summed E-state index contributed by atoms with van der Waals surface area (Å²) in [6.45, 7) is 5.78. The Kier molecular flexibility index (Phi) is 6.10. The molecule has 0 spiro atoms. The highest BCUT2D eigenvalue weighted by molar-refractivity contribution is 5.89. The Morgan fingerprint density at radius 2 is 1.87 bits per heavy atom. The second kappa shape index (κ2) is 8.73. The Morgan fingerprint density at radius 1 is 1.17 bits per heavy atom. The van der Waals surface area contributed by atoms with Crippen molar-refractivity contribution in [2.45, 2.75) is 32.7 Å². The summed E-state index contributed by atoms with van der Waals surface area (Å²) < 4.78 is 5.27. The molecule has 0 radical (unpaired) electrons. The van der Waals surface area contributed by atoms with E-state index in [0.717, 1.165) is 5.56 Å². The fraction of sp³-hybridized carbons (Fsp3) is 0.286. The van der Waals surface area contributed by atoms with E-state index in [4.69, 9.17) is 4.52 Å². The van der Waals surface area contributed by atoms with Crippen LogP contribution in [0.4, 0.5) is 16.2 Å². The third kappa shape index (κ3) is 4.62. The van der Waals surface area contributed by atoms with E-state index in [-0.39, 0.29) is 23.7 Å². The summed E-state index contributed by atoms with van der Waals surface area (Å²) in [6.07, 6.45) is 0. The number of carbonyl (C=O) groups is 1. The van der Waals surface area contributed by atoms with Gasteiger partial charge in [0.1, 0.15) is 0 Å². The van der Waals surface area contributed by atoms with Crippen LogP contribution in [-0.4, -0.2) is 33.0 Å². The second-order valence-electron chi connectivity index (χ2n) is 7.26. The third-order valence-corrected chi connectivity index (χ3v) is 4.81. The number of carbonyl (C=O) groups excluding carboxylic acids is 1. The highest BCUT2D eigenvalue weighted by atomic mass is 16.6. The van der Waals surface area contributed by atoms with Gasteiger partial charge in [0.15, 0.2) is 5.82 Å². The van der Waals surface area contributed by atoms with Crippen LogP contribution in [-0.2, 0) is 0 Å². The largest absolute Gasteiger partial charge is 0.334 e. The fourth-order valence-corrected chi connectivity index (χ4v) is 2.79. The predicted molar refractivity (Wildman–Crippen MR) is 112 cm³/mol. The molecule has 3 aromatic rings. The van der Waals surface area contributed by atoms with Crippen LogP contribution in [0.25, 0.3) is 11.5 Å². The maximum absolute atomic E-state index is 12.6. The van der Waals surface area contributed by atoms with Crippen molar-refractivity contribution in [1.29, 1.82) is 0 Å². The predicted octanol–water partition coefficient (Wildman–Crippen LogP) is 4.99. The minimum atomic E-state index is -0.453. The summed E-state index contributed by atoms with van der Waals surface area (Å²) in [5.74, 6) is 1.23. The molecule has 1 atom stereocenters. The summed E-state index contributed by atoms with van der Waals surface area (Å²) >= 11 is 0. The van der Waals surface area contributed by atoms with Crippen molar-refractivity contribution in [2.24, 2.45) is 0 Å². The molecule has 156 valence electrons. The zero-order chi connectivity index (χ0) is 21.8. The smallest absolute Gasteiger partial charge is 0.322 e. The van der Waals surface area contributed by atoms with Gasteiger partial charge >= 0.3 is 6.03 Å². The molecule has 1 N–H and O–H groups in total. The van der Waals surface area contributed by atoms with Gasteiger partial charge in [-0.05, 0) is 36.8 Å². The first-order chi connectivity index (χ1) is 14.3. The number of aromatic nitrogens is 2. The number of benzene rings is 2. The number of hydrogen-bond donors (Lipinski definition) is 1. The van der Waals surface area contributed by atoms with Crippen molar-refractivity contribution >= 4 is 17.4 Å². The maximum atomic E-state index is 12.6. The minimum Gasteiger partial charge on any atom is -0.334 e. The third-order valence-electron chi connectivity index (χ3n) is 4.81. The van der Waals surface area contributed by atoms with E-state index in [0.29, 0.717) is 23.0 Å². The van der Waals surface area contributed by atoms with Crippen LogP contribution in [0.2, 0.25) is 0 Å². The van der Waals surface area contributed by atoms with Crippen molar-refractivity contribution in [3.8, 4) is 11.5 Å². The maximum Gasteiger partial charge on any atom is 0.322 e. The monoisotopic (exact) mass is 409 g/mol. The molecule has 2 aromatic carbocycles. The van der Waals surface area contributed by atoms with Gasteiger partial charge in [-0.2, -0.15) is 4.98 Å². The van der Waals surface area contributed by atoms with Crippen molar-refractivity contribution in [3.63, 3.8) is 0 Å². The number of urea groups is 1. The van der Waals surface area contributed by atoms with Crippen LogP contribution < -0.4 is 5.32 Å². The van der Waals surface area contributed by atoms with Gasteiger partial charge in [0.2, 0.25) is 0 Å². The van der Waals surface area contributed by atoms with E-state index in [2.05, 4.69) is 15.5 Å². The molecule has 0 saturated carbocycles. The summed E-state index contributed by atoms with van der Waals surface area (Å²) in [7, 11) is 1.64. The van der Waals surface area contributed by atoms with E-state index < -0.39 is 4.92 Å². The van der Waals surface area contributed by atoms with Crippen molar-refractivity contribution < 1.29 is 14.2 Å². The van der Waals surface area contributed by atoms with Crippen molar-refractivity contribution in [2.75, 3.05) is 12.4 Å². The van der Waals surface area contributed by atoms with Crippen LogP contribution in [0.5, 0.6) is 0 Å². The normalized spacial score (nSPS) is 11.9. The molecule has 0 aliphatic carbocycles. The molecule has 9 heteroatoms. The molecular formula is C21H23N5O4. The van der Waals surface area contributed by atoms with Gasteiger partial charge in [0, 0.05) is 36.3 Å². The Morgan fingerprint density at radius 3 is 2.47 bits per heavy atom. The zero-order valence-corrected chi connectivity index (χ0v) is 17.2. The molecule has 1 aromatic heterocycles. The zero-order valence-electron chi connectivity index (χ0n) is 17.2. The lowest BCUT2D eigenvalue weighted by Gasteiger charge is -2.25. The van der Waals surface area contributed by atoms with Gasteiger partial charge in [-0.3, -0.25) is 10.1 Å². The summed E-state index contributed by atoms with van der Waals surface area (Å²) in [4.78, 5) is 29.0. The van der Waals surface area contributed by atoms with Gasteiger partial charge in [0.25, 0.3) is 11.6 Å². The molecule has 0 aliphatic heterocycles. The number of hydrogen-bond acceptors (Lipinski definition) is 6. The number of nitrogens with zero attached hydrogens (tertiary/aromatic N) is 4. The fourth-order valence-electron chi connectivity index (χ4n) is 2.79. The molecule has 0 fully saturated rings. The van der Waals surface area contributed by atoms with Gasteiger partial charge in [-0.25, -0.2) is 4.79 Å². The number of nitro benzene ring substituents is 1. The van der Waals surface area contributed by atoms with Crippen LogP contribution in [0.1, 0.15) is 44.1 Å². The number of nitrogens with one attached hydrogen (secondary N) is 1. The molecule has 1 heterocycles. The quantitative estimate of drug-likeness (QED) is 0.453. The molecule has 0 saturated heterocycles. The molecule has 9 nitrogen and oxygen atoms in total. The second-order valence-corrected chi connectivity index (χ2v) is 7.26. The van der Waals surface area contributed by atoms with E-state index in [1.54, 1.807) is 43.4 Å². The molecule has 0 aliphatic rings. The lowest BCUT2D eigenvalue weighted by molar-refractivity contribution is -0.384. The van der Waals surface area contributed by atoms with Gasteiger partial charge < -0.3 is 14.7 Å². The minimum absolute atomic E-state index is 0.00889. The Balaban J connectivity index is 1.67. The summed E-state index contributed by atoms with van der Waals surface area (Å²) in [5.41, 5.74) is 2.02. The summed E-state index contributed by atoms with van der Waals surface area (Å²) in [6, 6.07) is 12.6. The molecule has 30 heavy (non-hydrogen) atoms. The average Bonchev–Trinajstić information content (AvgIpc) is 3.24. The Bertz CT molecular complexity index is 1050. The van der Waals surface area contributed by atoms with Crippen molar-refractivity contribution in [3.05, 3.63) is 70.0 Å². The molecule has 0 bridgehead atoms. The number of amides is 2. The number of anilines is 1. The number of rotatable bonds is 6. The Hall–Kier alpha value is -3.75. The lowest BCUT2D eigenvalue weighted by Crippen LogP contribution is -2.33. The topological polar surface area (TPSA) is 114 Å². The standard InChI is InChI=1S/C21H23N5O4/c1-13(2)19-23-20(30-24-19)15-8-10-17(11-9-15)22-21(27)25(4)14(3)16-6-5-7-18(12-16)26(28)29/h5-14H,1-4H3,(H,22,27). The first-order valence-electron chi connectivity index (χ1n) is 9.48. The van der Waals surface area contributed by atoms with Crippen LogP contribution in [0.15, 0.2) is 53.1 Å². The lowest BCUT2D eigenvalue weighted by atomic mass is 10.1. The first-order valence-corrected chi connectivity index (χ1v) is 9.48. The molecule has 3 rings (SSSR count). The highest BCUT2D eigenvalue weighted by Crippen LogP contribution is 2.25.